The van der Waals surface area contributed by atoms with Gasteiger partial charge in [-0.2, -0.15) is 0 Å². The molecular formula is C21H20N2O3S. The van der Waals surface area contributed by atoms with E-state index in [1.165, 1.54) is 11.3 Å². The maximum Gasteiger partial charge on any atom is 0.262 e. The number of methoxy groups -OCH3 is 1. The van der Waals surface area contributed by atoms with Crippen LogP contribution in [0.25, 0.3) is 0 Å². The van der Waals surface area contributed by atoms with Crippen molar-refractivity contribution in [3.05, 3.63) is 88.1 Å². The fourth-order valence-corrected chi connectivity index (χ4v) is 3.26. The van der Waals surface area contributed by atoms with Gasteiger partial charge in [0.05, 0.1) is 12.0 Å². The Morgan fingerprint density at radius 1 is 1.04 bits per heavy atom. The quantitative estimate of drug-likeness (QED) is 0.659. The number of rotatable bonds is 7. The van der Waals surface area contributed by atoms with Gasteiger partial charge in [0, 0.05) is 6.54 Å². The summed E-state index contributed by atoms with van der Waals surface area (Å²) in [6.45, 7) is 0.342. The van der Waals surface area contributed by atoms with Gasteiger partial charge in [-0.15, -0.1) is 11.3 Å². The smallest absolute Gasteiger partial charge is 0.262 e. The van der Waals surface area contributed by atoms with Crippen LogP contribution in [0.5, 0.6) is 5.75 Å². The van der Waals surface area contributed by atoms with E-state index in [2.05, 4.69) is 10.6 Å². The minimum absolute atomic E-state index is 0.268. The summed E-state index contributed by atoms with van der Waals surface area (Å²) in [5, 5.41) is 7.55. The first-order chi connectivity index (χ1) is 13.2. The average molecular weight is 380 g/mol. The fourth-order valence-electron chi connectivity index (χ4n) is 2.63. The van der Waals surface area contributed by atoms with Gasteiger partial charge in [0.1, 0.15) is 11.8 Å². The Kier molecular flexibility index (Phi) is 6.22. The lowest BCUT2D eigenvalue weighted by Gasteiger charge is -2.19. The molecule has 0 bridgehead atoms. The number of benzene rings is 2. The third kappa shape index (κ3) is 4.95. The van der Waals surface area contributed by atoms with Crippen LogP contribution in [0.15, 0.2) is 72.1 Å². The normalized spacial score (nSPS) is 11.4. The minimum atomic E-state index is -0.772. The van der Waals surface area contributed by atoms with E-state index in [0.717, 1.165) is 16.9 Å². The molecule has 0 radical (unpaired) electrons. The summed E-state index contributed by atoms with van der Waals surface area (Å²) >= 11 is 1.34. The minimum Gasteiger partial charge on any atom is -0.497 e. The molecular weight excluding hydrogens is 360 g/mol. The second kappa shape index (κ2) is 9.00. The molecule has 1 atom stereocenters. The highest BCUT2D eigenvalue weighted by Gasteiger charge is 2.23. The molecule has 0 fully saturated rings. The molecule has 0 aliphatic rings. The lowest BCUT2D eigenvalue weighted by Crippen LogP contribution is -2.40. The number of carbonyl (C=O) groups excluding carboxylic acids is 2. The number of carbonyl (C=O) groups is 2. The highest BCUT2D eigenvalue weighted by Crippen LogP contribution is 2.17. The van der Waals surface area contributed by atoms with Crippen LogP contribution in [0, 0.1) is 0 Å². The first kappa shape index (κ1) is 18.7. The van der Waals surface area contributed by atoms with Crippen molar-refractivity contribution in [3.8, 4) is 5.75 Å². The number of hydrogen-bond donors (Lipinski definition) is 2. The number of thiophene rings is 1. The molecule has 1 aromatic heterocycles. The molecule has 0 unspecified atom stereocenters. The molecule has 2 aromatic carbocycles. The molecule has 0 saturated carbocycles. The zero-order valence-electron chi connectivity index (χ0n) is 14.8. The summed E-state index contributed by atoms with van der Waals surface area (Å²) in [6, 6.07) is 19.5. The van der Waals surface area contributed by atoms with Crippen molar-refractivity contribution in [2.75, 3.05) is 7.11 Å². The summed E-state index contributed by atoms with van der Waals surface area (Å²) in [5.74, 6) is 0.191. The van der Waals surface area contributed by atoms with Gasteiger partial charge in [-0.05, 0) is 34.7 Å². The van der Waals surface area contributed by atoms with Crippen molar-refractivity contribution in [2.24, 2.45) is 0 Å². The van der Waals surface area contributed by atoms with Gasteiger partial charge in [0.15, 0.2) is 0 Å². The predicted molar refractivity (Wildman–Crippen MR) is 106 cm³/mol. The highest BCUT2D eigenvalue weighted by molar-refractivity contribution is 7.12. The third-order valence-corrected chi connectivity index (χ3v) is 4.89. The number of nitrogens with one attached hydrogen (secondary N) is 2. The maximum atomic E-state index is 12.8. The van der Waals surface area contributed by atoms with Gasteiger partial charge in [-0.25, -0.2) is 0 Å². The highest BCUT2D eigenvalue weighted by atomic mass is 32.1. The zero-order chi connectivity index (χ0) is 19.1. The van der Waals surface area contributed by atoms with Crippen LogP contribution < -0.4 is 15.4 Å². The second-order valence-electron chi connectivity index (χ2n) is 5.86. The number of ether oxygens (including phenoxy) is 1. The van der Waals surface area contributed by atoms with Crippen molar-refractivity contribution < 1.29 is 14.3 Å². The molecule has 0 aliphatic carbocycles. The fraction of sp³-hybridized carbons (Fsp3) is 0.143. The Hall–Kier alpha value is -3.12. The second-order valence-corrected chi connectivity index (χ2v) is 6.81. The molecule has 5 nitrogen and oxygen atoms in total. The molecule has 0 saturated heterocycles. The Morgan fingerprint density at radius 2 is 1.85 bits per heavy atom. The molecule has 2 amide bonds. The summed E-state index contributed by atoms with van der Waals surface area (Å²) in [7, 11) is 1.60. The first-order valence-electron chi connectivity index (χ1n) is 8.47. The van der Waals surface area contributed by atoms with E-state index in [1.54, 1.807) is 19.2 Å². The van der Waals surface area contributed by atoms with E-state index < -0.39 is 6.04 Å². The third-order valence-electron chi connectivity index (χ3n) is 4.02. The van der Waals surface area contributed by atoms with Gasteiger partial charge in [-0.1, -0.05) is 48.5 Å². The largest absolute Gasteiger partial charge is 0.497 e. The molecule has 1 heterocycles. The number of amides is 2. The van der Waals surface area contributed by atoms with E-state index in [-0.39, 0.29) is 11.8 Å². The van der Waals surface area contributed by atoms with Crippen LogP contribution >= 0.6 is 11.3 Å². The Morgan fingerprint density at radius 3 is 2.56 bits per heavy atom. The van der Waals surface area contributed by atoms with Crippen molar-refractivity contribution in [1.29, 1.82) is 0 Å². The molecule has 2 N–H and O–H groups in total. The van der Waals surface area contributed by atoms with Crippen molar-refractivity contribution in [1.82, 2.24) is 10.6 Å². The van der Waals surface area contributed by atoms with Crippen LogP contribution in [-0.2, 0) is 11.3 Å². The topological polar surface area (TPSA) is 67.4 Å². The summed E-state index contributed by atoms with van der Waals surface area (Å²) in [6.07, 6.45) is 0. The maximum absolute atomic E-state index is 12.8. The Balaban J connectivity index is 1.73. The molecule has 27 heavy (non-hydrogen) atoms. The van der Waals surface area contributed by atoms with Crippen LogP contribution in [0.3, 0.4) is 0 Å². The standard InChI is InChI=1S/C21H20N2O3S/c1-26-17-10-5-7-15(13-17)14-22-21(25)19(16-8-3-2-4-9-16)23-20(24)18-11-6-12-27-18/h2-13,19H,14H2,1H3,(H,22,25)(H,23,24)/t19-/m1/s1. The molecule has 138 valence electrons. The van der Waals surface area contributed by atoms with Crippen molar-refractivity contribution in [2.45, 2.75) is 12.6 Å². The summed E-state index contributed by atoms with van der Waals surface area (Å²) in [4.78, 5) is 25.8. The van der Waals surface area contributed by atoms with E-state index in [1.807, 2.05) is 60.0 Å². The van der Waals surface area contributed by atoms with Gasteiger partial charge in [-0.3, -0.25) is 9.59 Å². The van der Waals surface area contributed by atoms with Crippen LogP contribution in [0.1, 0.15) is 26.8 Å². The van der Waals surface area contributed by atoms with Gasteiger partial charge in [0.25, 0.3) is 5.91 Å². The SMILES string of the molecule is COc1cccc(CNC(=O)[C@H](NC(=O)c2cccs2)c2ccccc2)c1. The molecule has 3 rings (SSSR count). The Labute approximate surface area is 162 Å². The van der Waals surface area contributed by atoms with E-state index in [0.29, 0.717) is 11.4 Å². The Bertz CT molecular complexity index is 895. The van der Waals surface area contributed by atoms with E-state index >= 15 is 0 Å². The zero-order valence-corrected chi connectivity index (χ0v) is 15.7. The van der Waals surface area contributed by atoms with E-state index in [4.69, 9.17) is 4.74 Å². The first-order valence-corrected chi connectivity index (χ1v) is 9.35. The van der Waals surface area contributed by atoms with Gasteiger partial charge >= 0.3 is 0 Å². The number of hydrogen-bond acceptors (Lipinski definition) is 4. The molecule has 0 aliphatic heterocycles. The summed E-state index contributed by atoms with van der Waals surface area (Å²) < 4.78 is 5.20. The monoisotopic (exact) mass is 380 g/mol. The van der Waals surface area contributed by atoms with Crippen LogP contribution in [-0.4, -0.2) is 18.9 Å². The van der Waals surface area contributed by atoms with Crippen LogP contribution in [0.4, 0.5) is 0 Å². The molecule has 6 heteroatoms. The van der Waals surface area contributed by atoms with Crippen molar-refractivity contribution in [3.63, 3.8) is 0 Å². The molecule has 3 aromatic rings. The lowest BCUT2D eigenvalue weighted by molar-refractivity contribution is -0.123. The van der Waals surface area contributed by atoms with Gasteiger partial charge < -0.3 is 15.4 Å². The van der Waals surface area contributed by atoms with Gasteiger partial charge in [0.2, 0.25) is 5.91 Å². The van der Waals surface area contributed by atoms with E-state index in [9.17, 15) is 9.59 Å². The van der Waals surface area contributed by atoms with Crippen molar-refractivity contribution >= 4 is 23.2 Å². The molecule has 0 spiro atoms. The van der Waals surface area contributed by atoms with Crippen LogP contribution in [0.2, 0.25) is 0 Å². The summed E-state index contributed by atoms with van der Waals surface area (Å²) in [5.41, 5.74) is 1.64. The average Bonchev–Trinajstić information content (AvgIpc) is 3.26. The predicted octanol–water partition coefficient (Wildman–Crippen LogP) is 3.54. The lowest BCUT2D eigenvalue weighted by atomic mass is 10.1.